The summed E-state index contributed by atoms with van der Waals surface area (Å²) in [6.45, 7) is 8.16. The van der Waals surface area contributed by atoms with Gasteiger partial charge in [-0.15, -0.1) is 0 Å². The molecule has 0 radical (unpaired) electrons. The van der Waals surface area contributed by atoms with E-state index in [-0.39, 0.29) is 23.4 Å². The molecule has 2 saturated heterocycles. The second-order valence-corrected chi connectivity index (χ2v) is 10.9. The molecule has 0 bridgehead atoms. The van der Waals surface area contributed by atoms with E-state index in [0.717, 1.165) is 18.9 Å². The number of quaternary nitrogens is 1. The topological polar surface area (TPSA) is 30.7 Å². The van der Waals surface area contributed by atoms with E-state index >= 15 is 0 Å². The molecule has 0 amide bonds. The fourth-order valence-electron chi connectivity index (χ4n) is 7.03. The standard InChI is InChI=1S/C27H37NO2/c1-19-7-6-12-27(2)17-25-22(16-24(19)27)23(26(29)30-25)18-28-13-10-21(11-14-28)15-20-8-4-3-5-9-20/h3-5,8-9,16,19,21-23,25H,6-7,10-15,17-18H2,1-2H3/p+1/t19-,22-,23+,25-,27-/m1/s1. The number of esters is 1. The Labute approximate surface area is 181 Å². The molecule has 2 aliphatic heterocycles. The number of nitrogens with one attached hydrogen (secondary N) is 1. The highest BCUT2D eigenvalue weighted by Crippen LogP contribution is 2.53. The smallest absolute Gasteiger partial charge is 0.315 e. The second kappa shape index (κ2) is 8.15. The molecule has 0 spiro atoms. The van der Waals surface area contributed by atoms with E-state index in [2.05, 4.69) is 50.3 Å². The first-order valence-corrected chi connectivity index (χ1v) is 12.3. The molecule has 0 unspecified atom stereocenters. The first-order valence-electron chi connectivity index (χ1n) is 12.3. The molecule has 2 aliphatic carbocycles. The van der Waals surface area contributed by atoms with Gasteiger partial charge in [0.2, 0.25) is 0 Å². The van der Waals surface area contributed by atoms with E-state index in [1.807, 2.05) is 0 Å². The predicted molar refractivity (Wildman–Crippen MR) is 119 cm³/mol. The van der Waals surface area contributed by atoms with Crippen LogP contribution in [-0.4, -0.2) is 31.7 Å². The number of piperidine rings is 1. The number of hydrogen-bond acceptors (Lipinski definition) is 2. The molecule has 2 heterocycles. The van der Waals surface area contributed by atoms with Gasteiger partial charge in [-0.25, -0.2) is 0 Å². The average Bonchev–Trinajstić information content (AvgIpc) is 3.02. The molecule has 162 valence electrons. The zero-order chi connectivity index (χ0) is 20.7. The van der Waals surface area contributed by atoms with E-state index in [1.165, 1.54) is 57.2 Å². The van der Waals surface area contributed by atoms with Crippen molar-refractivity contribution >= 4 is 5.97 Å². The van der Waals surface area contributed by atoms with E-state index in [1.54, 1.807) is 10.5 Å². The Balaban J connectivity index is 1.22. The molecule has 1 aromatic rings. The van der Waals surface area contributed by atoms with Gasteiger partial charge >= 0.3 is 5.97 Å². The maximum Gasteiger partial charge on any atom is 0.315 e. The fraction of sp³-hybridized carbons (Fsp3) is 0.667. The number of fused-ring (bicyclic) bond motifs is 2. The summed E-state index contributed by atoms with van der Waals surface area (Å²) in [5.74, 6) is 1.93. The lowest BCUT2D eigenvalue weighted by atomic mass is 9.59. The molecule has 5 rings (SSSR count). The normalized spacial score (nSPS) is 40.9. The highest BCUT2D eigenvalue weighted by Gasteiger charge is 2.52. The third-order valence-corrected chi connectivity index (χ3v) is 8.77. The van der Waals surface area contributed by atoms with Crippen molar-refractivity contribution < 1.29 is 14.4 Å². The minimum atomic E-state index is 0.0712. The molecule has 1 N–H and O–H groups in total. The molecular weight excluding hydrogens is 370 g/mol. The summed E-state index contributed by atoms with van der Waals surface area (Å²) in [4.78, 5) is 14.5. The summed E-state index contributed by atoms with van der Waals surface area (Å²) in [6.07, 6.45) is 11.3. The van der Waals surface area contributed by atoms with Crippen LogP contribution in [-0.2, 0) is 16.0 Å². The maximum atomic E-state index is 12.8. The Kier molecular flexibility index (Phi) is 5.51. The SMILES string of the molecule is C[C@@H]1CCC[C@]2(C)C[C@H]3OC(=O)[C@@H](C[NH+]4CCC(Cc5ccccc5)CC4)[C@H]3C=C12. The number of carbonyl (C=O) groups is 1. The Hall–Kier alpha value is -1.61. The summed E-state index contributed by atoms with van der Waals surface area (Å²) in [6, 6.07) is 10.9. The number of rotatable bonds is 4. The summed E-state index contributed by atoms with van der Waals surface area (Å²) in [5.41, 5.74) is 3.36. The number of ether oxygens (including phenoxy) is 1. The minimum Gasteiger partial charge on any atom is -0.461 e. The van der Waals surface area contributed by atoms with Crippen molar-refractivity contribution in [2.45, 2.75) is 64.9 Å². The van der Waals surface area contributed by atoms with Crippen molar-refractivity contribution in [3.8, 4) is 0 Å². The van der Waals surface area contributed by atoms with E-state index in [4.69, 9.17) is 4.74 Å². The summed E-state index contributed by atoms with van der Waals surface area (Å²) >= 11 is 0. The van der Waals surface area contributed by atoms with Crippen molar-refractivity contribution in [2.24, 2.45) is 29.1 Å². The van der Waals surface area contributed by atoms with Crippen LogP contribution < -0.4 is 4.90 Å². The van der Waals surface area contributed by atoms with Crippen molar-refractivity contribution in [1.82, 2.24) is 0 Å². The molecule has 3 nitrogen and oxygen atoms in total. The van der Waals surface area contributed by atoms with Gasteiger partial charge in [-0.3, -0.25) is 4.79 Å². The van der Waals surface area contributed by atoms with Crippen LogP contribution in [0.4, 0.5) is 0 Å². The van der Waals surface area contributed by atoms with Crippen LogP contribution in [0.25, 0.3) is 0 Å². The van der Waals surface area contributed by atoms with Gasteiger partial charge in [-0.1, -0.05) is 62.2 Å². The highest BCUT2D eigenvalue weighted by molar-refractivity contribution is 5.76. The van der Waals surface area contributed by atoms with Crippen LogP contribution in [0.15, 0.2) is 42.0 Å². The number of likely N-dealkylation sites (tertiary alicyclic amines) is 1. The minimum absolute atomic E-state index is 0.0712. The lowest BCUT2D eigenvalue weighted by Gasteiger charge is -2.46. The van der Waals surface area contributed by atoms with Crippen LogP contribution in [0.2, 0.25) is 0 Å². The fourth-order valence-corrected chi connectivity index (χ4v) is 7.03. The molecule has 1 saturated carbocycles. The largest absolute Gasteiger partial charge is 0.461 e. The van der Waals surface area contributed by atoms with E-state index in [9.17, 15) is 4.79 Å². The van der Waals surface area contributed by atoms with Gasteiger partial charge in [0.1, 0.15) is 12.0 Å². The number of carbonyl (C=O) groups excluding carboxylic acids is 1. The highest BCUT2D eigenvalue weighted by atomic mass is 16.6. The Bertz CT molecular complexity index is 794. The monoisotopic (exact) mass is 408 g/mol. The molecule has 5 atom stereocenters. The molecule has 3 fully saturated rings. The molecule has 1 aromatic carbocycles. The number of allylic oxidation sites excluding steroid dienone is 1. The lowest BCUT2D eigenvalue weighted by molar-refractivity contribution is -0.908. The van der Waals surface area contributed by atoms with Gasteiger partial charge in [-0.2, -0.15) is 0 Å². The number of benzene rings is 1. The molecule has 3 heteroatoms. The zero-order valence-electron chi connectivity index (χ0n) is 18.7. The molecule has 30 heavy (non-hydrogen) atoms. The lowest BCUT2D eigenvalue weighted by Crippen LogP contribution is -3.14. The molecule has 4 aliphatic rings. The number of hydrogen-bond donors (Lipinski definition) is 1. The Morgan fingerprint density at radius 3 is 2.67 bits per heavy atom. The van der Waals surface area contributed by atoms with Crippen LogP contribution >= 0.6 is 0 Å². The van der Waals surface area contributed by atoms with Crippen molar-refractivity contribution in [3.05, 3.63) is 47.5 Å². The van der Waals surface area contributed by atoms with Gasteiger partial charge in [0.05, 0.1) is 19.6 Å². The van der Waals surface area contributed by atoms with Gasteiger partial charge in [0.15, 0.2) is 0 Å². The predicted octanol–water partition coefficient (Wildman–Crippen LogP) is 3.84. The van der Waals surface area contributed by atoms with Crippen molar-refractivity contribution in [1.29, 1.82) is 0 Å². The van der Waals surface area contributed by atoms with Gasteiger partial charge in [0.25, 0.3) is 0 Å². The summed E-state index contributed by atoms with van der Waals surface area (Å²) in [7, 11) is 0. The van der Waals surface area contributed by atoms with Gasteiger partial charge in [-0.05, 0) is 61.3 Å². The zero-order valence-corrected chi connectivity index (χ0v) is 18.7. The molecular formula is C27H38NO2+. The van der Waals surface area contributed by atoms with Gasteiger partial charge < -0.3 is 9.64 Å². The average molecular weight is 409 g/mol. The van der Waals surface area contributed by atoms with E-state index in [0.29, 0.717) is 11.8 Å². The quantitative estimate of drug-likeness (QED) is 0.606. The Morgan fingerprint density at radius 1 is 1.13 bits per heavy atom. The molecule has 0 aromatic heterocycles. The maximum absolute atomic E-state index is 12.8. The van der Waals surface area contributed by atoms with Crippen molar-refractivity contribution in [2.75, 3.05) is 19.6 Å². The first-order chi connectivity index (χ1) is 14.5. The van der Waals surface area contributed by atoms with E-state index < -0.39 is 0 Å². The van der Waals surface area contributed by atoms with Crippen molar-refractivity contribution in [3.63, 3.8) is 0 Å². The third kappa shape index (κ3) is 3.86. The summed E-state index contributed by atoms with van der Waals surface area (Å²) < 4.78 is 5.97. The van der Waals surface area contributed by atoms with Gasteiger partial charge in [0, 0.05) is 5.92 Å². The van der Waals surface area contributed by atoms with Crippen LogP contribution in [0.1, 0.15) is 57.9 Å². The van der Waals surface area contributed by atoms with Crippen LogP contribution in [0.3, 0.4) is 0 Å². The van der Waals surface area contributed by atoms with Crippen LogP contribution in [0, 0.1) is 29.1 Å². The Morgan fingerprint density at radius 2 is 1.90 bits per heavy atom. The van der Waals surface area contributed by atoms with Crippen LogP contribution in [0.5, 0.6) is 0 Å². The second-order valence-electron chi connectivity index (χ2n) is 10.9. The summed E-state index contributed by atoms with van der Waals surface area (Å²) in [5, 5.41) is 0. The third-order valence-electron chi connectivity index (χ3n) is 8.77. The first kappa shape index (κ1) is 20.3.